The molecule has 1 unspecified atom stereocenters. The Balaban J connectivity index is 0.531. The molecule has 0 aliphatic heterocycles. The number of carbonyl (C=O) groups is 8. The third kappa shape index (κ3) is 19.8. The molecule has 1 atom stereocenters. The number of ketones is 2. The lowest BCUT2D eigenvalue weighted by atomic mass is 9.93. The standard InChI is InChI=1S/C91H72O16/c1-59(64-41-51-77(100-3)52-42-64)65-43-53-81(54-44-65)104-88(96)70-35-33-69(34-36-70)87(95)103-80-49-23-62(24-50-80)56-61-21-47-79(48-22-61)102-86(94)68-31-27-67(28-32-68)82(93)15-10-11-55-101-78-45-19-63(20-46-78)57-74-12-4-7-16-83(74)105-90(98)72-37-39-73(40-38-72)91(99)107-85-18-9-6-14-76(85)58-75-13-5-8-17-84(75)106-89(97)71-29-25-66(26-30-71)60(2)92/h4-9,12-14,16-54,59H,10-11,15,55-58H2,1-3H3. The van der Waals surface area contributed by atoms with Gasteiger partial charge < -0.3 is 37.9 Å². The number of Topliss-reactive ketones (excluding diaryl/α,β-unsaturated/α-hetero) is 2. The predicted molar refractivity (Wildman–Crippen MR) is 403 cm³/mol. The molecule has 107 heavy (non-hydrogen) atoms. The van der Waals surface area contributed by atoms with Crippen molar-refractivity contribution in [3.63, 3.8) is 0 Å². The summed E-state index contributed by atoms with van der Waals surface area (Å²) in [5, 5.41) is 0. The van der Waals surface area contributed by atoms with Crippen molar-refractivity contribution in [2.24, 2.45) is 0 Å². The number of methoxy groups -OCH3 is 1. The number of esters is 6. The Morgan fingerprint density at radius 2 is 0.589 bits per heavy atom. The molecule has 0 aliphatic rings. The maximum absolute atomic E-state index is 13.5. The summed E-state index contributed by atoms with van der Waals surface area (Å²) < 4.78 is 45.7. The Hall–Kier alpha value is -13.6. The van der Waals surface area contributed by atoms with Crippen molar-refractivity contribution in [2.45, 2.75) is 58.3 Å². The van der Waals surface area contributed by atoms with Gasteiger partial charge >= 0.3 is 35.8 Å². The first kappa shape index (κ1) is 73.2. The SMILES string of the molecule is COc1ccc(C(C)c2ccc(OC(=O)c3ccc(C(=O)Oc4ccc(Cc5ccc(OC(=O)c6ccc(C(=O)CCCCOc7ccc(Cc8ccccc8OC(=O)c8ccc(C(=O)Oc9ccccc9Cc9ccccc9OC(=O)c9ccc(C(C)=O)cc9)cc8)cc7)cc6)cc5)cc4)cc3)cc2)cc1. The molecule has 16 heteroatoms. The van der Waals surface area contributed by atoms with Gasteiger partial charge in [-0.25, -0.2) is 28.8 Å². The molecule has 0 aliphatic carbocycles. The fourth-order valence-corrected chi connectivity index (χ4v) is 11.7. The highest BCUT2D eigenvalue weighted by atomic mass is 16.6. The quantitative estimate of drug-likeness (QED) is 0.0185. The van der Waals surface area contributed by atoms with Crippen molar-refractivity contribution in [3.8, 4) is 46.0 Å². The van der Waals surface area contributed by atoms with Crippen molar-refractivity contribution in [3.05, 3.63) is 380 Å². The molecule has 0 N–H and O–H groups in total. The maximum atomic E-state index is 13.5. The van der Waals surface area contributed by atoms with Gasteiger partial charge in [-0.05, 0) is 222 Å². The van der Waals surface area contributed by atoms with Gasteiger partial charge in [-0.3, -0.25) is 9.59 Å². The van der Waals surface area contributed by atoms with Crippen molar-refractivity contribution >= 4 is 47.4 Å². The number of rotatable bonds is 29. The van der Waals surface area contributed by atoms with Gasteiger partial charge in [0.15, 0.2) is 11.6 Å². The largest absolute Gasteiger partial charge is 0.497 e. The molecular formula is C91H72O16. The minimum atomic E-state index is -0.642. The minimum Gasteiger partial charge on any atom is -0.497 e. The summed E-state index contributed by atoms with van der Waals surface area (Å²) in [4.78, 5) is 104. The molecule has 16 nitrogen and oxygen atoms in total. The molecule has 0 saturated heterocycles. The van der Waals surface area contributed by atoms with E-state index in [9.17, 15) is 38.4 Å². The Morgan fingerprint density at radius 3 is 0.953 bits per heavy atom. The van der Waals surface area contributed by atoms with Crippen LogP contribution < -0.4 is 37.9 Å². The number of unbranched alkanes of at least 4 members (excludes halogenated alkanes) is 1. The van der Waals surface area contributed by atoms with Crippen LogP contribution in [0.4, 0.5) is 0 Å². The first-order valence-corrected chi connectivity index (χ1v) is 34.7. The van der Waals surface area contributed by atoms with Crippen LogP contribution in [0.15, 0.2) is 291 Å². The summed E-state index contributed by atoms with van der Waals surface area (Å²) >= 11 is 0. The lowest BCUT2D eigenvalue weighted by molar-refractivity contribution is 0.0719. The lowest BCUT2D eigenvalue weighted by Gasteiger charge is -2.14. The lowest BCUT2D eigenvalue weighted by Crippen LogP contribution is -2.13. The third-order valence-electron chi connectivity index (χ3n) is 17.9. The van der Waals surface area contributed by atoms with Gasteiger partial charge in [-0.2, -0.15) is 0 Å². The van der Waals surface area contributed by atoms with Gasteiger partial charge in [-0.1, -0.05) is 146 Å². The van der Waals surface area contributed by atoms with Gasteiger partial charge in [0.05, 0.1) is 47.1 Å². The highest BCUT2D eigenvalue weighted by Gasteiger charge is 2.21. The summed E-state index contributed by atoms with van der Waals surface area (Å²) in [5.74, 6) is 0.00308. The van der Waals surface area contributed by atoms with E-state index in [0.29, 0.717) is 107 Å². The Bertz CT molecular complexity index is 5150. The maximum Gasteiger partial charge on any atom is 0.343 e. The van der Waals surface area contributed by atoms with Crippen molar-refractivity contribution in [1.82, 2.24) is 0 Å². The third-order valence-corrected chi connectivity index (χ3v) is 17.9. The van der Waals surface area contributed by atoms with Crippen LogP contribution in [0.5, 0.6) is 46.0 Å². The van der Waals surface area contributed by atoms with Gasteiger partial charge in [0, 0.05) is 36.3 Å². The molecule has 0 aromatic heterocycles. The van der Waals surface area contributed by atoms with E-state index in [1.807, 2.05) is 121 Å². The van der Waals surface area contributed by atoms with Gasteiger partial charge in [0.25, 0.3) is 0 Å². The molecule has 532 valence electrons. The fraction of sp³-hybridized carbons (Fsp3) is 0.121. The monoisotopic (exact) mass is 1420 g/mol. The summed E-state index contributed by atoms with van der Waals surface area (Å²) in [5.41, 5.74) is 9.70. The number of benzene rings is 12. The summed E-state index contributed by atoms with van der Waals surface area (Å²) in [7, 11) is 1.63. The first-order valence-electron chi connectivity index (χ1n) is 34.7. The predicted octanol–water partition coefficient (Wildman–Crippen LogP) is 18.6. The number of carbonyl (C=O) groups excluding carboxylic acids is 8. The van der Waals surface area contributed by atoms with E-state index in [1.165, 1.54) is 55.5 Å². The topological polar surface area (TPSA) is 210 Å². The number of ether oxygens (including phenoxy) is 8. The van der Waals surface area contributed by atoms with Gasteiger partial charge in [0.2, 0.25) is 0 Å². The zero-order chi connectivity index (χ0) is 74.6. The van der Waals surface area contributed by atoms with E-state index in [1.54, 1.807) is 128 Å². The highest BCUT2D eigenvalue weighted by Crippen LogP contribution is 2.32. The van der Waals surface area contributed by atoms with Crippen LogP contribution in [-0.2, 0) is 19.3 Å². The van der Waals surface area contributed by atoms with E-state index in [2.05, 4.69) is 6.92 Å². The molecule has 12 aromatic rings. The Labute approximate surface area is 618 Å². The van der Waals surface area contributed by atoms with Crippen LogP contribution in [0, 0.1) is 0 Å². The van der Waals surface area contributed by atoms with Crippen LogP contribution in [0.25, 0.3) is 0 Å². The van der Waals surface area contributed by atoms with Crippen molar-refractivity contribution < 1.29 is 76.3 Å². The number of para-hydroxylation sites is 3. The molecule has 12 rings (SSSR count). The number of hydrogen-bond acceptors (Lipinski definition) is 16. The van der Waals surface area contributed by atoms with Crippen LogP contribution >= 0.6 is 0 Å². The van der Waals surface area contributed by atoms with Crippen LogP contribution in [0.3, 0.4) is 0 Å². The molecule has 0 saturated carbocycles. The van der Waals surface area contributed by atoms with Crippen molar-refractivity contribution in [2.75, 3.05) is 13.7 Å². The minimum absolute atomic E-state index is 0.0582. The van der Waals surface area contributed by atoms with E-state index in [4.69, 9.17) is 37.9 Å². The Morgan fingerprint density at radius 1 is 0.290 bits per heavy atom. The second kappa shape index (κ2) is 35.1. The Kier molecular flexibility index (Phi) is 24.0. The molecule has 0 heterocycles. The normalized spacial score (nSPS) is 11.1. The molecule has 12 aromatic carbocycles. The highest BCUT2D eigenvalue weighted by molar-refractivity contribution is 5.99. The number of hydrogen-bond donors (Lipinski definition) is 0. The molecule has 0 fully saturated rings. The van der Waals surface area contributed by atoms with E-state index in [0.717, 1.165) is 39.1 Å². The van der Waals surface area contributed by atoms with E-state index >= 15 is 0 Å². The van der Waals surface area contributed by atoms with Gasteiger partial charge in [0.1, 0.15) is 46.0 Å². The average Bonchev–Trinajstić information content (AvgIpc) is 0.836. The fourth-order valence-electron chi connectivity index (χ4n) is 11.7. The smallest absolute Gasteiger partial charge is 0.343 e. The molecular weight excluding hydrogens is 1350 g/mol. The second-order valence-corrected chi connectivity index (χ2v) is 25.3. The summed E-state index contributed by atoms with van der Waals surface area (Å²) in [6.07, 6.45) is 2.81. The second-order valence-electron chi connectivity index (χ2n) is 25.3. The molecule has 0 radical (unpaired) electrons. The zero-order valence-corrected chi connectivity index (χ0v) is 58.8. The zero-order valence-electron chi connectivity index (χ0n) is 58.8. The van der Waals surface area contributed by atoms with Crippen molar-refractivity contribution in [1.29, 1.82) is 0 Å². The van der Waals surface area contributed by atoms with Crippen LogP contribution in [-0.4, -0.2) is 61.1 Å². The van der Waals surface area contributed by atoms with Gasteiger partial charge in [-0.15, -0.1) is 0 Å². The summed E-state index contributed by atoms with van der Waals surface area (Å²) in [6.45, 7) is 3.95. The van der Waals surface area contributed by atoms with E-state index in [-0.39, 0.29) is 51.7 Å². The van der Waals surface area contributed by atoms with Crippen LogP contribution in [0.1, 0.15) is 166 Å². The average molecular weight is 1420 g/mol. The molecule has 0 bridgehead atoms. The first-order chi connectivity index (χ1) is 52.0. The molecule has 0 spiro atoms. The van der Waals surface area contributed by atoms with Crippen LogP contribution in [0.2, 0.25) is 0 Å². The molecule has 0 amide bonds. The summed E-state index contributed by atoms with van der Waals surface area (Å²) in [6, 6.07) is 83.3. The van der Waals surface area contributed by atoms with E-state index < -0.39 is 35.8 Å².